The average Bonchev–Trinajstić information content (AvgIpc) is 2.67. The first kappa shape index (κ1) is 5.97. The van der Waals surface area contributed by atoms with E-state index in [4.69, 9.17) is 12.3 Å². The van der Waals surface area contributed by atoms with Crippen LogP contribution >= 0.6 is 0 Å². The number of hydrogen-bond donors (Lipinski definition) is 0. The maximum absolute atomic E-state index is 8.29. The normalized spacial score (nSPS) is 16.8. The third-order valence-corrected chi connectivity index (χ3v) is 2.90. The highest BCUT2D eigenvalue weighted by Gasteiger charge is 2.03. The van der Waals surface area contributed by atoms with E-state index >= 15 is 0 Å². The minimum atomic E-state index is -0.477. The molecule has 3 aromatic rings. The lowest BCUT2D eigenvalue weighted by atomic mass is 9.96. The van der Waals surface area contributed by atoms with Crippen LogP contribution < -0.4 is 0 Å². The van der Waals surface area contributed by atoms with E-state index in [0.717, 1.165) is 0 Å². The summed E-state index contributed by atoms with van der Waals surface area (Å²) in [7, 11) is 0. The molecule has 0 heteroatoms. The molecule has 98 valence electrons. The third kappa shape index (κ3) is 2.65. The van der Waals surface area contributed by atoms with Gasteiger partial charge in [0, 0.05) is 0 Å². The van der Waals surface area contributed by atoms with E-state index in [0.29, 0.717) is 16.7 Å². The lowest BCUT2D eigenvalue weighted by molar-refractivity contribution is 1.44. The second-order valence-corrected chi connectivity index (χ2v) is 4.59. The molecule has 0 atom stereocenters. The van der Waals surface area contributed by atoms with Gasteiger partial charge in [0.15, 0.2) is 0 Å². The number of benzene rings is 3. The molecule has 0 nitrogen and oxygen atoms in total. The SMILES string of the molecule is [2H]c1c([2H])c([2H])c(-c2cc(C)cc(-c3c([2H])c([2H])c(C)c([2H])c3[2H])c2)c([2H])c1[2H]. The summed E-state index contributed by atoms with van der Waals surface area (Å²) >= 11 is 0. The Labute approximate surface area is 133 Å². The fourth-order valence-electron chi connectivity index (χ4n) is 1.99. The van der Waals surface area contributed by atoms with Crippen LogP contribution in [0.1, 0.15) is 23.5 Å². The standard InChI is InChI=1S/C20H18/c1-15-8-10-18(11-9-15)20-13-16(2)12-19(14-20)17-6-4-3-5-7-17/h3-14H,1-2H3/i3D,4D,5D,6D,7D,8D,9D,10D,11D. The Morgan fingerprint density at radius 3 is 1.70 bits per heavy atom. The van der Waals surface area contributed by atoms with Gasteiger partial charge in [0.25, 0.3) is 0 Å². The molecular formula is C20H18. The van der Waals surface area contributed by atoms with Crippen LogP contribution in [0.4, 0.5) is 0 Å². The molecule has 0 saturated heterocycles. The van der Waals surface area contributed by atoms with Gasteiger partial charge in [-0.05, 0) is 47.7 Å². The highest BCUT2D eigenvalue weighted by molar-refractivity contribution is 5.74. The molecule has 0 heterocycles. The van der Waals surface area contributed by atoms with Crippen LogP contribution in [0.3, 0.4) is 0 Å². The Balaban J connectivity index is 2.37. The van der Waals surface area contributed by atoms with Gasteiger partial charge in [-0.25, -0.2) is 0 Å². The van der Waals surface area contributed by atoms with Crippen LogP contribution in [-0.2, 0) is 0 Å². The van der Waals surface area contributed by atoms with Crippen molar-refractivity contribution in [2.75, 3.05) is 0 Å². The largest absolute Gasteiger partial charge is 0.0629 e. The third-order valence-electron chi connectivity index (χ3n) is 2.90. The van der Waals surface area contributed by atoms with Crippen molar-refractivity contribution in [3.8, 4) is 22.3 Å². The summed E-state index contributed by atoms with van der Waals surface area (Å²) in [6.45, 7) is 3.28. The molecule has 0 radical (unpaired) electrons. The number of rotatable bonds is 2. The Bertz CT molecular complexity index is 1020. The second kappa shape index (κ2) is 5.34. The molecule has 0 aliphatic heterocycles. The summed E-state index contributed by atoms with van der Waals surface area (Å²) in [6.07, 6.45) is 0. The highest BCUT2D eigenvalue weighted by Crippen LogP contribution is 2.28. The minimum Gasteiger partial charge on any atom is -0.0622 e. The fraction of sp³-hybridized carbons (Fsp3) is 0.100. The van der Waals surface area contributed by atoms with E-state index in [1.807, 2.05) is 0 Å². The van der Waals surface area contributed by atoms with Crippen molar-refractivity contribution < 1.29 is 12.3 Å². The van der Waals surface area contributed by atoms with Crippen LogP contribution in [0.2, 0.25) is 0 Å². The summed E-state index contributed by atoms with van der Waals surface area (Å²) in [5.74, 6) is 0. The van der Waals surface area contributed by atoms with Gasteiger partial charge in [-0.1, -0.05) is 72.1 Å². The van der Waals surface area contributed by atoms with Crippen LogP contribution in [0.25, 0.3) is 22.3 Å². The van der Waals surface area contributed by atoms with Gasteiger partial charge in [-0.15, -0.1) is 0 Å². The Hall–Kier alpha value is -2.34. The molecule has 0 unspecified atom stereocenters. The minimum absolute atomic E-state index is 0.0308. The summed E-state index contributed by atoms with van der Waals surface area (Å²) in [5.41, 5.74) is 1.84. The van der Waals surface area contributed by atoms with Gasteiger partial charge in [0.1, 0.15) is 0 Å². The van der Waals surface area contributed by atoms with E-state index in [1.54, 1.807) is 25.1 Å². The summed E-state index contributed by atoms with van der Waals surface area (Å²) in [6, 6.07) is 2.25. The zero-order valence-corrected chi connectivity index (χ0v) is 11.2. The predicted octanol–water partition coefficient (Wildman–Crippen LogP) is 5.64. The van der Waals surface area contributed by atoms with Gasteiger partial charge in [0.05, 0.1) is 12.3 Å². The van der Waals surface area contributed by atoms with E-state index in [-0.39, 0.29) is 52.9 Å². The molecule has 0 aliphatic rings. The molecule has 0 spiro atoms. The molecule has 0 saturated carbocycles. The lowest BCUT2D eigenvalue weighted by Gasteiger charge is -2.09. The van der Waals surface area contributed by atoms with E-state index in [9.17, 15) is 0 Å². The van der Waals surface area contributed by atoms with Crippen molar-refractivity contribution in [2.24, 2.45) is 0 Å². The van der Waals surface area contributed by atoms with Gasteiger partial charge in [-0.2, -0.15) is 0 Å². The van der Waals surface area contributed by atoms with Gasteiger partial charge in [0.2, 0.25) is 0 Å². The first-order valence-electron chi connectivity index (χ1n) is 10.7. The van der Waals surface area contributed by atoms with Crippen LogP contribution in [0, 0.1) is 13.8 Å². The zero-order chi connectivity index (χ0) is 21.8. The molecule has 3 aromatic carbocycles. The van der Waals surface area contributed by atoms with Crippen molar-refractivity contribution in [1.82, 2.24) is 0 Å². The lowest BCUT2D eigenvalue weighted by Crippen LogP contribution is -1.84. The first-order chi connectivity index (χ1) is 13.5. The smallest absolute Gasteiger partial charge is 0.0622 e. The van der Waals surface area contributed by atoms with Crippen molar-refractivity contribution in [2.45, 2.75) is 13.8 Å². The van der Waals surface area contributed by atoms with E-state index in [2.05, 4.69) is 0 Å². The Morgan fingerprint density at radius 2 is 1.10 bits per heavy atom. The maximum atomic E-state index is 8.29. The quantitative estimate of drug-likeness (QED) is 0.564. The molecule has 0 aliphatic carbocycles. The topological polar surface area (TPSA) is 0 Å². The van der Waals surface area contributed by atoms with E-state index in [1.165, 1.54) is 6.92 Å². The van der Waals surface area contributed by atoms with Gasteiger partial charge < -0.3 is 0 Å². The number of aryl methyl sites for hydroxylation is 1. The van der Waals surface area contributed by atoms with Crippen LogP contribution in [0.15, 0.2) is 72.6 Å². The number of hydrogen-bond acceptors (Lipinski definition) is 0. The summed E-state index contributed by atoms with van der Waals surface area (Å²) in [5, 5.41) is 0. The molecule has 20 heavy (non-hydrogen) atoms. The fourth-order valence-corrected chi connectivity index (χ4v) is 1.99. The molecule has 0 fully saturated rings. The molecule has 0 aromatic heterocycles. The van der Waals surface area contributed by atoms with Crippen molar-refractivity contribution in [1.29, 1.82) is 0 Å². The van der Waals surface area contributed by atoms with Gasteiger partial charge in [-0.3, -0.25) is 0 Å². The van der Waals surface area contributed by atoms with Crippen LogP contribution in [0.5, 0.6) is 0 Å². The van der Waals surface area contributed by atoms with Crippen molar-refractivity contribution in [3.63, 3.8) is 0 Å². The Kier molecular flexibility index (Phi) is 1.59. The van der Waals surface area contributed by atoms with Crippen molar-refractivity contribution >= 4 is 0 Å². The highest BCUT2D eigenvalue weighted by atomic mass is 14.1. The average molecular weight is 267 g/mol. The molecular weight excluding hydrogens is 240 g/mol. The van der Waals surface area contributed by atoms with Crippen LogP contribution in [-0.4, -0.2) is 0 Å². The second-order valence-electron chi connectivity index (χ2n) is 4.59. The van der Waals surface area contributed by atoms with E-state index < -0.39 is 18.1 Å². The zero-order valence-electron chi connectivity index (χ0n) is 20.2. The molecule has 0 N–H and O–H groups in total. The monoisotopic (exact) mass is 267 g/mol. The molecule has 0 bridgehead atoms. The maximum Gasteiger partial charge on any atom is 0.0629 e. The predicted molar refractivity (Wildman–Crippen MR) is 86.8 cm³/mol. The Morgan fingerprint density at radius 1 is 0.550 bits per heavy atom. The molecule has 3 rings (SSSR count). The van der Waals surface area contributed by atoms with Crippen molar-refractivity contribution in [3.05, 3.63) is 83.7 Å². The summed E-state index contributed by atoms with van der Waals surface area (Å²) in [4.78, 5) is 0. The molecule has 0 amide bonds. The van der Waals surface area contributed by atoms with Gasteiger partial charge >= 0.3 is 0 Å². The summed E-state index contributed by atoms with van der Waals surface area (Å²) < 4.78 is 72.6. The first-order valence-corrected chi connectivity index (χ1v) is 6.23.